The molecule has 0 aliphatic carbocycles. The summed E-state index contributed by atoms with van der Waals surface area (Å²) >= 11 is 0. The fourth-order valence-electron chi connectivity index (χ4n) is 5.55. The van der Waals surface area contributed by atoms with E-state index < -0.39 is 51.1 Å². The minimum atomic E-state index is -4.73. The van der Waals surface area contributed by atoms with Crippen molar-refractivity contribution < 1.29 is 52.2 Å². The van der Waals surface area contributed by atoms with Gasteiger partial charge in [-0.15, -0.1) is 0 Å². The predicted octanol–water partition coefficient (Wildman–Crippen LogP) is 9.60. The molecule has 3 unspecified atom stereocenters. The van der Waals surface area contributed by atoms with Crippen LogP contribution in [0.25, 0.3) is 0 Å². The molecule has 0 aromatic rings. The number of unbranched alkanes of at least 4 members (excludes halogenated alkanes) is 12. The highest BCUT2D eigenvalue weighted by molar-refractivity contribution is 7.47. The van der Waals surface area contributed by atoms with Crippen LogP contribution in [0, 0.1) is 0 Å². The van der Waals surface area contributed by atoms with Gasteiger partial charge in [-0.2, -0.15) is 0 Å². The number of hydrogen-bond acceptors (Lipinski definition) is 10. The molecule has 0 radical (unpaired) electrons. The van der Waals surface area contributed by atoms with E-state index in [-0.39, 0.29) is 19.4 Å². The first-order chi connectivity index (χ1) is 26.6. The van der Waals surface area contributed by atoms with Crippen molar-refractivity contribution in [2.45, 2.75) is 179 Å². The summed E-state index contributed by atoms with van der Waals surface area (Å²) in [4.78, 5) is 45.9. The number of epoxide rings is 1. The lowest BCUT2D eigenvalue weighted by Crippen LogP contribution is -2.34. The summed E-state index contributed by atoms with van der Waals surface area (Å²) < 4.78 is 38.4. The molecule has 1 aliphatic rings. The molecular formula is C42H72NO11P. The third kappa shape index (κ3) is 31.2. The highest BCUT2D eigenvalue weighted by Crippen LogP contribution is 2.43. The zero-order chi connectivity index (χ0) is 40.4. The molecule has 0 aromatic heterocycles. The molecule has 1 fully saturated rings. The van der Waals surface area contributed by atoms with Crippen molar-refractivity contribution in [3.05, 3.63) is 48.6 Å². The number of nitrogens with two attached hydrogens (primary N) is 1. The Kier molecular flexibility index (Phi) is 30.7. The van der Waals surface area contributed by atoms with Gasteiger partial charge in [0.25, 0.3) is 0 Å². The van der Waals surface area contributed by atoms with Crippen LogP contribution < -0.4 is 5.73 Å². The lowest BCUT2D eigenvalue weighted by molar-refractivity contribution is -0.161. The van der Waals surface area contributed by atoms with Crippen molar-refractivity contribution in [3.8, 4) is 0 Å². The summed E-state index contributed by atoms with van der Waals surface area (Å²) in [5.74, 6) is -2.46. The van der Waals surface area contributed by atoms with Crippen LogP contribution >= 0.6 is 7.82 Å². The Morgan fingerprint density at radius 3 is 1.84 bits per heavy atom. The SMILES string of the molecule is CCCCC/C=C\C/C=C\C/C=C\CCCCC(=O)O[C@H](COC(=O)CCCCCCCC1OC1C/C=C\CCCCC)COP(=O)(O)OC[C@H](N)C(=O)O. The maximum Gasteiger partial charge on any atom is 0.472 e. The summed E-state index contributed by atoms with van der Waals surface area (Å²) in [6.07, 6.45) is 37.7. The highest BCUT2D eigenvalue weighted by atomic mass is 31.2. The molecule has 4 N–H and O–H groups in total. The second-order valence-electron chi connectivity index (χ2n) is 14.1. The Balaban J connectivity index is 2.34. The van der Waals surface area contributed by atoms with Crippen LogP contribution in [0.4, 0.5) is 0 Å². The number of carboxylic acids is 1. The van der Waals surface area contributed by atoms with Gasteiger partial charge in [0.1, 0.15) is 12.6 Å². The van der Waals surface area contributed by atoms with Gasteiger partial charge in [0.15, 0.2) is 6.10 Å². The first kappa shape index (κ1) is 50.4. The predicted molar refractivity (Wildman–Crippen MR) is 216 cm³/mol. The Hall–Kier alpha value is -2.60. The van der Waals surface area contributed by atoms with E-state index in [1.807, 2.05) is 0 Å². The topological polar surface area (TPSA) is 184 Å². The third-order valence-electron chi connectivity index (χ3n) is 8.97. The number of carbonyl (C=O) groups is 3. The van der Waals surface area contributed by atoms with Crippen molar-refractivity contribution in [2.24, 2.45) is 5.73 Å². The molecule has 12 nitrogen and oxygen atoms in total. The van der Waals surface area contributed by atoms with Crippen LogP contribution in [0.1, 0.15) is 155 Å². The number of carboxylic acid groups (broad SMARTS) is 1. The van der Waals surface area contributed by atoms with E-state index >= 15 is 0 Å². The Bertz CT molecular complexity index is 1190. The first-order valence-corrected chi connectivity index (χ1v) is 22.3. The minimum absolute atomic E-state index is 0.104. The number of phosphoric ester groups is 1. The average Bonchev–Trinajstić information content (AvgIpc) is 3.91. The Morgan fingerprint density at radius 1 is 0.673 bits per heavy atom. The monoisotopic (exact) mass is 797 g/mol. The van der Waals surface area contributed by atoms with Crippen LogP contribution in [0.15, 0.2) is 48.6 Å². The number of allylic oxidation sites excluding steroid dienone is 7. The highest BCUT2D eigenvalue weighted by Gasteiger charge is 2.36. The lowest BCUT2D eigenvalue weighted by Gasteiger charge is -2.20. The number of hydrogen-bond donors (Lipinski definition) is 3. The summed E-state index contributed by atoms with van der Waals surface area (Å²) in [7, 11) is -4.73. The van der Waals surface area contributed by atoms with E-state index in [0.29, 0.717) is 25.0 Å². The van der Waals surface area contributed by atoms with Crippen LogP contribution in [0.3, 0.4) is 0 Å². The van der Waals surface area contributed by atoms with Gasteiger partial charge in [-0.05, 0) is 77.0 Å². The quantitative estimate of drug-likeness (QED) is 0.0178. The largest absolute Gasteiger partial charge is 0.480 e. The van der Waals surface area contributed by atoms with Crippen molar-refractivity contribution in [3.63, 3.8) is 0 Å². The molecular weight excluding hydrogens is 725 g/mol. The minimum Gasteiger partial charge on any atom is -0.480 e. The average molecular weight is 798 g/mol. The van der Waals surface area contributed by atoms with Gasteiger partial charge in [-0.25, -0.2) is 4.57 Å². The number of aliphatic carboxylic acids is 1. The zero-order valence-electron chi connectivity index (χ0n) is 33.7. The van der Waals surface area contributed by atoms with E-state index in [4.69, 9.17) is 29.6 Å². The van der Waals surface area contributed by atoms with E-state index in [2.05, 4.69) is 67.0 Å². The summed E-state index contributed by atoms with van der Waals surface area (Å²) in [5, 5.41) is 8.88. The molecule has 1 aliphatic heterocycles. The summed E-state index contributed by atoms with van der Waals surface area (Å²) in [6, 6.07) is -1.53. The van der Waals surface area contributed by atoms with Gasteiger partial charge < -0.3 is 29.9 Å². The van der Waals surface area contributed by atoms with Gasteiger partial charge in [-0.3, -0.25) is 23.4 Å². The molecule has 1 rings (SSSR count). The number of esters is 2. The van der Waals surface area contributed by atoms with Crippen LogP contribution in [0.2, 0.25) is 0 Å². The third-order valence-corrected chi connectivity index (χ3v) is 9.92. The van der Waals surface area contributed by atoms with Crippen LogP contribution in [-0.4, -0.2) is 72.1 Å². The van der Waals surface area contributed by atoms with Gasteiger partial charge >= 0.3 is 25.7 Å². The molecule has 0 amide bonds. The normalized spacial score (nSPS) is 18.0. The maximum absolute atomic E-state index is 12.6. The van der Waals surface area contributed by atoms with Crippen LogP contribution in [0.5, 0.6) is 0 Å². The second kappa shape index (κ2) is 33.5. The fraction of sp³-hybridized carbons (Fsp3) is 0.738. The standard InChI is InChI=1S/C42H72NO11P/c1-3-5-7-9-11-12-13-14-15-16-17-18-19-23-28-32-41(45)53-36(34-51-55(48,49)52-35-37(43)42(46)47)33-50-40(44)31-27-24-20-22-26-30-39-38(54-39)29-25-21-10-8-6-4-2/h11-12,14-15,17-18,21,25,36-39H,3-10,13,16,19-20,22-24,26-35,43H2,1-2H3,(H,46,47)(H,48,49)/b12-11-,15-14-,18-17-,25-21-/t36-,37+,38?,39?/m1/s1. The number of rotatable bonds is 37. The lowest BCUT2D eigenvalue weighted by atomic mass is 10.1. The molecule has 13 heteroatoms. The molecule has 1 saturated heterocycles. The van der Waals surface area contributed by atoms with E-state index in [1.54, 1.807) is 0 Å². The van der Waals surface area contributed by atoms with Gasteiger partial charge in [0.2, 0.25) is 0 Å². The van der Waals surface area contributed by atoms with Gasteiger partial charge in [0, 0.05) is 12.8 Å². The van der Waals surface area contributed by atoms with Crippen molar-refractivity contribution in [2.75, 3.05) is 19.8 Å². The van der Waals surface area contributed by atoms with Crippen LogP contribution in [-0.2, 0) is 42.2 Å². The summed E-state index contributed by atoms with van der Waals surface area (Å²) in [5.41, 5.74) is 5.32. The first-order valence-electron chi connectivity index (χ1n) is 20.8. The number of phosphoric acid groups is 1. The van der Waals surface area contributed by atoms with E-state index in [0.717, 1.165) is 77.0 Å². The molecule has 0 spiro atoms. The number of ether oxygens (including phenoxy) is 3. The molecule has 316 valence electrons. The second-order valence-corrected chi connectivity index (χ2v) is 15.6. The smallest absolute Gasteiger partial charge is 0.472 e. The Morgan fingerprint density at radius 2 is 1.20 bits per heavy atom. The molecule has 5 atom stereocenters. The molecule has 0 bridgehead atoms. The number of carbonyl (C=O) groups excluding carboxylic acids is 2. The molecule has 0 saturated carbocycles. The van der Waals surface area contributed by atoms with Gasteiger partial charge in [-0.1, -0.05) is 114 Å². The molecule has 0 aromatic carbocycles. The Labute approximate surface area is 330 Å². The zero-order valence-corrected chi connectivity index (χ0v) is 34.6. The van der Waals surface area contributed by atoms with Crippen molar-refractivity contribution >= 4 is 25.7 Å². The van der Waals surface area contributed by atoms with Gasteiger partial charge in [0.05, 0.1) is 25.4 Å². The molecule has 1 heterocycles. The maximum atomic E-state index is 12.6. The van der Waals surface area contributed by atoms with Crippen molar-refractivity contribution in [1.29, 1.82) is 0 Å². The fourth-order valence-corrected chi connectivity index (χ4v) is 6.33. The van der Waals surface area contributed by atoms with E-state index in [9.17, 15) is 23.8 Å². The molecule has 55 heavy (non-hydrogen) atoms. The summed E-state index contributed by atoms with van der Waals surface area (Å²) in [6.45, 7) is 2.66. The van der Waals surface area contributed by atoms with E-state index in [1.165, 1.54) is 38.5 Å². The van der Waals surface area contributed by atoms with Crippen molar-refractivity contribution in [1.82, 2.24) is 0 Å².